The molecule has 2 rings (SSSR count). The van der Waals surface area contributed by atoms with Crippen molar-refractivity contribution >= 4 is 15.7 Å². The Morgan fingerprint density at radius 2 is 2.11 bits per heavy atom. The maximum absolute atomic E-state index is 11.6. The second-order valence-electron chi connectivity index (χ2n) is 4.99. The first-order valence-corrected chi connectivity index (χ1v) is 8.35. The van der Waals surface area contributed by atoms with Gasteiger partial charge in [0.2, 0.25) is 0 Å². The van der Waals surface area contributed by atoms with E-state index in [9.17, 15) is 8.42 Å². The van der Waals surface area contributed by atoms with Crippen molar-refractivity contribution < 1.29 is 8.42 Å². The third-order valence-electron chi connectivity index (χ3n) is 3.49. The van der Waals surface area contributed by atoms with Gasteiger partial charge in [-0.25, -0.2) is 13.4 Å². The molecule has 0 unspecified atom stereocenters. The lowest BCUT2D eigenvalue weighted by molar-refractivity contribution is 0.518. The van der Waals surface area contributed by atoms with E-state index in [1.54, 1.807) is 18.3 Å². The van der Waals surface area contributed by atoms with Crippen LogP contribution in [0.5, 0.6) is 0 Å². The first-order chi connectivity index (χ1) is 8.57. The molecule has 0 aliphatic heterocycles. The third-order valence-corrected chi connectivity index (χ3v) is 4.62. The molecule has 0 bridgehead atoms. The summed E-state index contributed by atoms with van der Waals surface area (Å²) in [7, 11) is -3.21. The molecule has 0 atom stereocenters. The Kier molecular flexibility index (Phi) is 4.22. The molecule has 1 aliphatic rings. The van der Waals surface area contributed by atoms with Crippen molar-refractivity contribution in [2.45, 2.75) is 37.0 Å². The highest BCUT2D eigenvalue weighted by molar-refractivity contribution is 7.90. The summed E-state index contributed by atoms with van der Waals surface area (Å²) in [6.07, 6.45) is 9.22. The number of hydrogen-bond donors (Lipinski definition) is 1. The smallest absolute Gasteiger partial charge is 0.179 e. The van der Waals surface area contributed by atoms with Gasteiger partial charge in [0.05, 0.1) is 0 Å². The quantitative estimate of drug-likeness (QED) is 0.891. The lowest BCUT2D eigenvalue weighted by Crippen LogP contribution is -2.11. The molecule has 100 valence electrons. The van der Waals surface area contributed by atoms with Gasteiger partial charge in [0.15, 0.2) is 9.84 Å². The van der Waals surface area contributed by atoms with Crippen LogP contribution in [-0.4, -0.2) is 26.2 Å². The predicted molar refractivity (Wildman–Crippen MR) is 72.4 cm³/mol. The second-order valence-corrected chi connectivity index (χ2v) is 6.97. The van der Waals surface area contributed by atoms with Gasteiger partial charge in [-0.15, -0.1) is 0 Å². The number of nitrogens with one attached hydrogen (secondary N) is 1. The molecule has 1 N–H and O–H groups in total. The zero-order valence-corrected chi connectivity index (χ0v) is 11.5. The van der Waals surface area contributed by atoms with E-state index in [1.165, 1.54) is 31.9 Å². The lowest BCUT2D eigenvalue weighted by atomic mass is 10.0. The van der Waals surface area contributed by atoms with Crippen molar-refractivity contribution in [1.82, 2.24) is 4.98 Å². The summed E-state index contributed by atoms with van der Waals surface area (Å²) in [6.45, 7) is 0.796. The Bertz CT molecular complexity index is 493. The SMILES string of the molecule is CS(=O)(=O)c1cccnc1NCCC1CCCC1. The van der Waals surface area contributed by atoms with Crippen LogP contribution in [0.1, 0.15) is 32.1 Å². The fourth-order valence-corrected chi connectivity index (χ4v) is 3.32. The zero-order chi connectivity index (χ0) is 13.0. The molecule has 1 saturated carbocycles. The van der Waals surface area contributed by atoms with Crippen molar-refractivity contribution in [1.29, 1.82) is 0 Å². The molecule has 1 aromatic rings. The topological polar surface area (TPSA) is 59.1 Å². The van der Waals surface area contributed by atoms with Crippen LogP contribution >= 0.6 is 0 Å². The van der Waals surface area contributed by atoms with Gasteiger partial charge < -0.3 is 5.32 Å². The van der Waals surface area contributed by atoms with Gasteiger partial charge in [-0.3, -0.25) is 0 Å². The van der Waals surface area contributed by atoms with Gasteiger partial charge in [-0.05, 0) is 24.5 Å². The molecule has 0 amide bonds. The van der Waals surface area contributed by atoms with Crippen LogP contribution in [0, 0.1) is 5.92 Å². The Morgan fingerprint density at radius 1 is 1.39 bits per heavy atom. The average Bonchev–Trinajstić information content (AvgIpc) is 2.81. The van der Waals surface area contributed by atoms with Crippen LogP contribution in [0.2, 0.25) is 0 Å². The van der Waals surface area contributed by atoms with E-state index in [-0.39, 0.29) is 4.90 Å². The van der Waals surface area contributed by atoms with Crippen LogP contribution in [0.3, 0.4) is 0 Å². The normalized spacial score (nSPS) is 16.9. The van der Waals surface area contributed by atoms with Crippen LogP contribution in [0.25, 0.3) is 0 Å². The molecule has 18 heavy (non-hydrogen) atoms. The summed E-state index contributed by atoms with van der Waals surface area (Å²) in [4.78, 5) is 4.41. The predicted octanol–water partition coefficient (Wildman–Crippen LogP) is 2.48. The van der Waals surface area contributed by atoms with E-state index in [2.05, 4.69) is 10.3 Å². The van der Waals surface area contributed by atoms with Gasteiger partial charge in [-0.2, -0.15) is 0 Å². The molecule has 0 aromatic carbocycles. The molecule has 1 aliphatic carbocycles. The molecule has 0 radical (unpaired) electrons. The molecule has 0 spiro atoms. The summed E-state index contributed by atoms with van der Waals surface area (Å²) >= 11 is 0. The molecule has 0 saturated heterocycles. The van der Waals surface area contributed by atoms with E-state index >= 15 is 0 Å². The van der Waals surface area contributed by atoms with E-state index in [4.69, 9.17) is 0 Å². The van der Waals surface area contributed by atoms with Gasteiger partial charge >= 0.3 is 0 Å². The Morgan fingerprint density at radius 3 is 2.78 bits per heavy atom. The zero-order valence-electron chi connectivity index (χ0n) is 10.7. The fraction of sp³-hybridized carbons (Fsp3) is 0.615. The van der Waals surface area contributed by atoms with E-state index < -0.39 is 9.84 Å². The van der Waals surface area contributed by atoms with Crippen molar-refractivity contribution in [2.24, 2.45) is 5.92 Å². The first kappa shape index (κ1) is 13.3. The minimum Gasteiger partial charge on any atom is -0.369 e. The van der Waals surface area contributed by atoms with Crippen LogP contribution in [0.15, 0.2) is 23.2 Å². The van der Waals surface area contributed by atoms with E-state index in [0.717, 1.165) is 18.9 Å². The number of rotatable bonds is 5. The minimum absolute atomic E-state index is 0.288. The molecule has 1 fully saturated rings. The Labute approximate surface area is 109 Å². The third kappa shape index (κ3) is 3.45. The summed E-state index contributed by atoms with van der Waals surface area (Å²) in [5, 5.41) is 3.16. The molecule has 5 heteroatoms. The standard InChI is InChI=1S/C13H20N2O2S/c1-18(16,17)12-7-4-9-14-13(12)15-10-8-11-5-2-3-6-11/h4,7,9,11H,2-3,5-6,8,10H2,1H3,(H,14,15). The van der Waals surface area contributed by atoms with E-state index in [1.807, 2.05) is 0 Å². The van der Waals surface area contributed by atoms with E-state index in [0.29, 0.717) is 5.82 Å². The van der Waals surface area contributed by atoms with Crippen molar-refractivity contribution in [3.8, 4) is 0 Å². The average molecular weight is 268 g/mol. The molecule has 1 heterocycles. The van der Waals surface area contributed by atoms with Gasteiger partial charge in [-0.1, -0.05) is 25.7 Å². The maximum Gasteiger partial charge on any atom is 0.179 e. The monoisotopic (exact) mass is 268 g/mol. The fourth-order valence-electron chi connectivity index (χ4n) is 2.52. The highest BCUT2D eigenvalue weighted by atomic mass is 32.2. The van der Waals surface area contributed by atoms with Crippen LogP contribution in [0.4, 0.5) is 5.82 Å². The first-order valence-electron chi connectivity index (χ1n) is 6.46. The molecule has 1 aromatic heterocycles. The second kappa shape index (κ2) is 5.69. The molecular weight excluding hydrogens is 248 g/mol. The minimum atomic E-state index is -3.21. The number of aromatic nitrogens is 1. The molecule has 4 nitrogen and oxygen atoms in total. The highest BCUT2D eigenvalue weighted by Gasteiger charge is 2.16. The number of hydrogen-bond acceptors (Lipinski definition) is 4. The van der Waals surface area contributed by atoms with Gasteiger partial charge in [0.1, 0.15) is 10.7 Å². The van der Waals surface area contributed by atoms with Crippen LogP contribution in [-0.2, 0) is 9.84 Å². The number of anilines is 1. The number of pyridine rings is 1. The summed E-state index contributed by atoms with van der Waals surface area (Å²) in [5.41, 5.74) is 0. The van der Waals surface area contributed by atoms with Gasteiger partial charge in [0.25, 0.3) is 0 Å². The van der Waals surface area contributed by atoms with Gasteiger partial charge in [0, 0.05) is 19.0 Å². The maximum atomic E-state index is 11.6. The van der Waals surface area contributed by atoms with Crippen molar-refractivity contribution in [2.75, 3.05) is 18.1 Å². The lowest BCUT2D eigenvalue weighted by Gasteiger charge is -2.12. The number of sulfone groups is 1. The largest absolute Gasteiger partial charge is 0.369 e. The number of nitrogens with zero attached hydrogens (tertiary/aromatic N) is 1. The van der Waals surface area contributed by atoms with Crippen molar-refractivity contribution in [3.05, 3.63) is 18.3 Å². The van der Waals surface area contributed by atoms with Crippen LogP contribution < -0.4 is 5.32 Å². The molecular formula is C13H20N2O2S. The summed E-state index contributed by atoms with van der Waals surface area (Å²) < 4.78 is 23.2. The summed E-state index contributed by atoms with van der Waals surface area (Å²) in [6, 6.07) is 3.25. The Balaban J connectivity index is 1.96. The Hall–Kier alpha value is -1.10. The summed E-state index contributed by atoms with van der Waals surface area (Å²) in [5.74, 6) is 1.28. The highest BCUT2D eigenvalue weighted by Crippen LogP contribution is 2.27. The van der Waals surface area contributed by atoms with Crippen molar-refractivity contribution in [3.63, 3.8) is 0 Å².